The zero-order valence-electron chi connectivity index (χ0n) is 10.3. The monoisotopic (exact) mass is 303 g/mol. The molecule has 0 aliphatic carbocycles. The lowest BCUT2D eigenvalue weighted by Gasteiger charge is -2.10. The molecule has 0 atom stereocenters. The van der Waals surface area contributed by atoms with Gasteiger partial charge in [0.05, 0.1) is 5.56 Å². The average molecular weight is 303 g/mol. The second-order valence-corrected chi connectivity index (χ2v) is 4.52. The van der Waals surface area contributed by atoms with Crippen LogP contribution in [0.3, 0.4) is 0 Å². The molecule has 1 aromatic heterocycles. The third-order valence-electron chi connectivity index (χ3n) is 2.72. The molecule has 0 bridgehead atoms. The highest BCUT2D eigenvalue weighted by atomic mass is 32.1. The normalized spacial score (nSPS) is 11.8. The Morgan fingerprint density at radius 2 is 1.80 bits per heavy atom. The van der Waals surface area contributed by atoms with Crippen LogP contribution in [0.15, 0.2) is 29.4 Å². The van der Waals surface area contributed by atoms with Crippen LogP contribution in [0, 0.1) is 0 Å². The molecule has 0 saturated carbocycles. The Morgan fingerprint density at radius 3 is 2.35 bits per heavy atom. The van der Waals surface area contributed by atoms with Gasteiger partial charge in [0.2, 0.25) is 0 Å². The van der Waals surface area contributed by atoms with Crippen molar-refractivity contribution in [3.8, 4) is 5.69 Å². The van der Waals surface area contributed by atoms with Crippen molar-refractivity contribution < 1.29 is 18.3 Å². The summed E-state index contributed by atoms with van der Waals surface area (Å²) in [6.45, 7) is 0.00176. The Hall–Kier alpha value is -1.54. The van der Waals surface area contributed by atoms with E-state index in [-0.39, 0.29) is 11.8 Å². The number of rotatable bonds is 4. The van der Waals surface area contributed by atoms with Crippen molar-refractivity contribution in [1.82, 2.24) is 14.8 Å². The minimum absolute atomic E-state index is 0.00176. The molecule has 0 saturated heterocycles. The number of hydrogen-bond acceptors (Lipinski definition) is 4. The molecule has 1 aromatic carbocycles. The lowest BCUT2D eigenvalue weighted by atomic mass is 10.2. The fraction of sp³-hybridized carbons (Fsp3) is 0.333. The van der Waals surface area contributed by atoms with Crippen LogP contribution in [0.1, 0.15) is 17.8 Å². The van der Waals surface area contributed by atoms with E-state index < -0.39 is 11.7 Å². The van der Waals surface area contributed by atoms with Crippen molar-refractivity contribution in [3.05, 3.63) is 35.7 Å². The summed E-state index contributed by atoms with van der Waals surface area (Å²) in [6, 6.07) is 4.68. The highest BCUT2D eigenvalue weighted by molar-refractivity contribution is 7.80. The highest BCUT2D eigenvalue weighted by Crippen LogP contribution is 2.30. The van der Waals surface area contributed by atoms with E-state index in [1.54, 1.807) is 4.57 Å². The number of aliphatic hydroxyl groups is 1. The molecule has 0 amide bonds. The van der Waals surface area contributed by atoms with Crippen molar-refractivity contribution >= 4 is 12.6 Å². The predicted octanol–water partition coefficient (Wildman–Crippen LogP) is 2.50. The van der Waals surface area contributed by atoms with Crippen LogP contribution < -0.4 is 0 Å². The number of hydrogen-bond donors (Lipinski definition) is 2. The molecule has 8 heteroatoms. The summed E-state index contributed by atoms with van der Waals surface area (Å²) in [6.07, 6.45) is -3.41. The molecule has 1 N–H and O–H groups in total. The molecule has 0 aliphatic heterocycles. The standard InChI is InChI=1S/C12H12F3N3OS/c13-12(14,15)8-3-5-9(6-4-8)18-10(2-1-7-19)16-17-11(18)20/h3-6,19H,1-2,7H2,(H,17,20). The van der Waals surface area contributed by atoms with E-state index in [1.807, 2.05) is 0 Å². The van der Waals surface area contributed by atoms with E-state index in [2.05, 4.69) is 22.8 Å². The van der Waals surface area contributed by atoms with Crippen LogP contribution in [-0.2, 0) is 12.6 Å². The average Bonchev–Trinajstić information content (AvgIpc) is 2.76. The van der Waals surface area contributed by atoms with Gasteiger partial charge in [-0.15, -0.1) is 22.8 Å². The SMILES string of the molecule is OCCCc1nnc(S)n1-c1ccc(C(F)(F)F)cc1. The number of alkyl halides is 3. The Labute approximate surface area is 118 Å². The summed E-state index contributed by atoms with van der Waals surface area (Å²) in [5.41, 5.74) is -0.215. The fourth-order valence-electron chi connectivity index (χ4n) is 1.77. The predicted molar refractivity (Wildman–Crippen MR) is 69.0 cm³/mol. The maximum Gasteiger partial charge on any atom is 0.416 e. The van der Waals surface area contributed by atoms with Gasteiger partial charge in [-0.3, -0.25) is 4.57 Å². The molecular formula is C12H12F3N3OS. The first-order chi connectivity index (χ1) is 9.43. The molecule has 0 fully saturated rings. The van der Waals surface area contributed by atoms with Crippen LogP contribution in [0.4, 0.5) is 13.2 Å². The molecular weight excluding hydrogens is 291 g/mol. The molecule has 2 rings (SSSR count). The highest BCUT2D eigenvalue weighted by Gasteiger charge is 2.30. The summed E-state index contributed by atoms with van der Waals surface area (Å²) >= 11 is 4.14. The maximum atomic E-state index is 12.5. The van der Waals surface area contributed by atoms with Crippen molar-refractivity contribution in [2.45, 2.75) is 24.2 Å². The number of nitrogens with zero attached hydrogens (tertiary/aromatic N) is 3. The Balaban J connectivity index is 2.34. The third kappa shape index (κ3) is 3.13. The van der Waals surface area contributed by atoms with Gasteiger partial charge < -0.3 is 5.11 Å². The number of aliphatic hydroxyl groups excluding tert-OH is 1. The van der Waals surface area contributed by atoms with Crippen LogP contribution in [0.5, 0.6) is 0 Å². The van der Waals surface area contributed by atoms with Gasteiger partial charge in [0.25, 0.3) is 0 Å². The lowest BCUT2D eigenvalue weighted by molar-refractivity contribution is -0.137. The van der Waals surface area contributed by atoms with E-state index in [9.17, 15) is 13.2 Å². The van der Waals surface area contributed by atoms with Gasteiger partial charge in [-0.25, -0.2) is 0 Å². The quantitative estimate of drug-likeness (QED) is 0.853. The Morgan fingerprint density at radius 1 is 1.15 bits per heavy atom. The van der Waals surface area contributed by atoms with Crippen molar-refractivity contribution in [2.75, 3.05) is 6.61 Å². The summed E-state index contributed by atoms with van der Waals surface area (Å²) in [5.74, 6) is 0.545. The molecule has 0 radical (unpaired) electrons. The van der Waals surface area contributed by atoms with E-state index in [1.165, 1.54) is 12.1 Å². The molecule has 0 aliphatic rings. The summed E-state index contributed by atoms with van der Waals surface area (Å²) in [7, 11) is 0. The largest absolute Gasteiger partial charge is 0.416 e. The molecule has 2 aromatic rings. The van der Waals surface area contributed by atoms with Gasteiger partial charge in [-0.1, -0.05) is 0 Å². The minimum atomic E-state index is -4.37. The van der Waals surface area contributed by atoms with Crippen LogP contribution in [0.25, 0.3) is 5.69 Å². The molecule has 108 valence electrons. The van der Waals surface area contributed by atoms with Crippen molar-refractivity contribution in [1.29, 1.82) is 0 Å². The number of halogens is 3. The van der Waals surface area contributed by atoms with Gasteiger partial charge >= 0.3 is 6.18 Å². The van der Waals surface area contributed by atoms with Gasteiger partial charge in [0, 0.05) is 18.7 Å². The van der Waals surface area contributed by atoms with Crippen LogP contribution in [0.2, 0.25) is 0 Å². The smallest absolute Gasteiger partial charge is 0.396 e. The van der Waals surface area contributed by atoms with E-state index >= 15 is 0 Å². The fourth-order valence-corrected chi connectivity index (χ4v) is 2.05. The second kappa shape index (κ2) is 5.84. The van der Waals surface area contributed by atoms with Gasteiger partial charge in [-0.05, 0) is 30.7 Å². The molecule has 20 heavy (non-hydrogen) atoms. The van der Waals surface area contributed by atoms with E-state index in [0.717, 1.165) is 12.1 Å². The summed E-state index contributed by atoms with van der Waals surface area (Å²) < 4.78 is 39.1. The van der Waals surface area contributed by atoms with Crippen LogP contribution in [-0.4, -0.2) is 26.5 Å². The lowest BCUT2D eigenvalue weighted by Crippen LogP contribution is -2.06. The zero-order valence-corrected chi connectivity index (χ0v) is 11.2. The summed E-state index contributed by atoms with van der Waals surface area (Å²) in [5, 5.41) is 16.8. The van der Waals surface area contributed by atoms with Crippen molar-refractivity contribution in [3.63, 3.8) is 0 Å². The number of aryl methyl sites for hydroxylation is 1. The molecule has 0 unspecified atom stereocenters. The number of aromatic nitrogens is 3. The van der Waals surface area contributed by atoms with Crippen molar-refractivity contribution in [2.24, 2.45) is 0 Å². The topological polar surface area (TPSA) is 50.9 Å². The number of benzene rings is 1. The first-order valence-electron chi connectivity index (χ1n) is 5.85. The van der Waals surface area contributed by atoms with Crippen LogP contribution >= 0.6 is 12.6 Å². The van der Waals surface area contributed by atoms with Gasteiger partial charge in [-0.2, -0.15) is 13.2 Å². The number of thiol groups is 1. The van der Waals surface area contributed by atoms with Gasteiger partial charge in [0.15, 0.2) is 5.16 Å². The second-order valence-electron chi connectivity index (χ2n) is 4.12. The molecule has 1 heterocycles. The molecule has 0 spiro atoms. The maximum absolute atomic E-state index is 12.5. The van der Waals surface area contributed by atoms with E-state index in [0.29, 0.717) is 24.4 Å². The first-order valence-corrected chi connectivity index (χ1v) is 6.30. The first kappa shape index (κ1) is 14.9. The summed E-state index contributed by atoms with van der Waals surface area (Å²) in [4.78, 5) is 0. The Kier molecular flexibility index (Phi) is 4.34. The zero-order chi connectivity index (χ0) is 14.8. The third-order valence-corrected chi connectivity index (χ3v) is 3.01. The Bertz CT molecular complexity index is 581. The molecule has 4 nitrogen and oxygen atoms in total. The minimum Gasteiger partial charge on any atom is -0.396 e. The van der Waals surface area contributed by atoms with E-state index in [4.69, 9.17) is 5.11 Å². The van der Waals surface area contributed by atoms with Gasteiger partial charge in [0.1, 0.15) is 5.82 Å².